The van der Waals surface area contributed by atoms with E-state index in [-0.39, 0.29) is 32.6 Å². The van der Waals surface area contributed by atoms with Crippen LogP contribution in [0.2, 0.25) is 0 Å². The van der Waals surface area contributed by atoms with Crippen molar-refractivity contribution in [3.05, 3.63) is 12.7 Å². The quantitative estimate of drug-likeness (QED) is 0.754. The van der Waals surface area contributed by atoms with Gasteiger partial charge < -0.3 is 15.0 Å². The number of likely N-dealkylation sites (N-methyl/N-ethyl adjacent to an activating group) is 1. The summed E-state index contributed by atoms with van der Waals surface area (Å²) in [5, 5.41) is 2.02. The maximum absolute atomic E-state index is 13.2. The fourth-order valence-electron chi connectivity index (χ4n) is 2.38. The summed E-state index contributed by atoms with van der Waals surface area (Å²) in [6, 6.07) is -1.92. The lowest BCUT2D eigenvalue weighted by molar-refractivity contribution is -0.178. The van der Waals surface area contributed by atoms with Crippen LogP contribution in [0.3, 0.4) is 0 Å². The average molecular weight is 322 g/mol. The normalized spacial score (nSPS) is 17.6. The van der Waals surface area contributed by atoms with Gasteiger partial charge in [-0.1, -0.05) is 6.58 Å². The number of ether oxygens (including phenoxy) is 1. The van der Waals surface area contributed by atoms with E-state index in [2.05, 4.69) is 6.58 Å². The summed E-state index contributed by atoms with van der Waals surface area (Å²) in [6.45, 7) is 5.23. The van der Waals surface area contributed by atoms with Gasteiger partial charge in [0.25, 0.3) is 0 Å². The molecule has 0 aliphatic carbocycles. The molecular weight excluding hydrogens is 301 g/mol. The van der Waals surface area contributed by atoms with Crippen molar-refractivity contribution in [2.24, 2.45) is 5.92 Å². The van der Waals surface area contributed by atoms with Crippen molar-refractivity contribution < 1.29 is 27.5 Å². The first-order chi connectivity index (χ1) is 10.3. The van der Waals surface area contributed by atoms with Gasteiger partial charge in [0.2, 0.25) is 11.8 Å². The number of rotatable bonds is 6. The number of hydrogen-bond acceptors (Lipinski definition) is 3. The van der Waals surface area contributed by atoms with Gasteiger partial charge in [0.05, 0.1) is 6.54 Å². The Kier molecular flexibility index (Phi) is 6.86. The Labute approximate surface area is 127 Å². The summed E-state index contributed by atoms with van der Waals surface area (Å²) < 4.78 is 44.5. The Balaban J connectivity index is 2.70. The van der Waals surface area contributed by atoms with Crippen LogP contribution in [-0.2, 0) is 14.3 Å². The minimum absolute atomic E-state index is 0.215. The highest BCUT2D eigenvalue weighted by Crippen LogP contribution is 2.31. The molecule has 0 unspecified atom stereocenters. The predicted octanol–water partition coefficient (Wildman–Crippen LogP) is 1.49. The van der Waals surface area contributed by atoms with E-state index in [0.717, 1.165) is 11.0 Å². The minimum Gasteiger partial charge on any atom is -0.381 e. The van der Waals surface area contributed by atoms with Crippen LogP contribution in [0.25, 0.3) is 0 Å². The Hall–Kier alpha value is -1.57. The molecule has 0 aromatic heterocycles. The third kappa shape index (κ3) is 5.32. The molecule has 0 spiro atoms. The topological polar surface area (TPSA) is 58.6 Å². The molecule has 1 saturated heterocycles. The fraction of sp³-hybridized carbons (Fsp3) is 0.714. The molecule has 0 radical (unpaired) electrons. The van der Waals surface area contributed by atoms with Gasteiger partial charge in [-0.15, -0.1) is 0 Å². The number of alkyl halides is 3. The third-order valence-corrected chi connectivity index (χ3v) is 3.61. The molecule has 1 rings (SSSR count). The van der Waals surface area contributed by atoms with Gasteiger partial charge in [0.1, 0.15) is 6.04 Å². The number of carbonyl (C=O) groups is 2. The van der Waals surface area contributed by atoms with Gasteiger partial charge in [-0.25, -0.2) is 0 Å². The molecule has 22 heavy (non-hydrogen) atoms. The molecule has 5 nitrogen and oxygen atoms in total. The molecule has 126 valence electrons. The van der Waals surface area contributed by atoms with Gasteiger partial charge in [-0.05, 0) is 31.8 Å². The number of carbonyl (C=O) groups excluding carboxylic acids is 2. The highest BCUT2D eigenvalue weighted by molar-refractivity contribution is 5.90. The van der Waals surface area contributed by atoms with Gasteiger partial charge in [0.15, 0.2) is 0 Å². The van der Waals surface area contributed by atoms with Gasteiger partial charge >= 0.3 is 6.18 Å². The molecule has 1 aliphatic heterocycles. The summed E-state index contributed by atoms with van der Waals surface area (Å²) in [4.78, 5) is 24.4. The fourth-order valence-corrected chi connectivity index (χ4v) is 2.38. The lowest BCUT2D eigenvalue weighted by Crippen LogP contribution is -2.53. The van der Waals surface area contributed by atoms with Gasteiger partial charge in [0, 0.05) is 19.8 Å². The van der Waals surface area contributed by atoms with E-state index >= 15 is 0 Å². The van der Waals surface area contributed by atoms with Crippen LogP contribution in [0.15, 0.2) is 12.7 Å². The third-order valence-electron chi connectivity index (χ3n) is 3.61. The maximum atomic E-state index is 13.2. The van der Waals surface area contributed by atoms with Crippen LogP contribution < -0.4 is 5.32 Å². The zero-order chi connectivity index (χ0) is 16.8. The van der Waals surface area contributed by atoms with Crippen LogP contribution in [0.5, 0.6) is 0 Å². The SMILES string of the molecule is C=CC(=O)N(CC)CC(=O)N[C@H](C1CCOCC1)C(F)(F)F. The zero-order valence-electron chi connectivity index (χ0n) is 12.5. The monoisotopic (exact) mass is 322 g/mol. The van der Waals surface area contributed by atoms with Gasteiger partial charge in [-0.3, -0.25) is 9.59 Å². The second kappa shape index (κ2) is 8.17. The number of nitrogens with zero attached hydrogens (tertiary/aromatic N) is 1. The van der Waals surface area contributed by atoms with E-state index in [4.69, 9.17) is 4.74 Å². The maximum Gasteiger partial charge on any atom is 0.408 e. The first kappa shape index (κ1) is 18.5. The molecule has 0 aromatic carbocycles. The van der Waals surface area contributed by atoms with Crippen molar-refractivity contribution in [3.8, 4) is 0 Å². The lowest BCUT2D eigenvalue weighted by atomic mass is 9.91. The highest BCUT2D eigenvalue weighted by atomic mass is 19.4. The van der Waals surface area contributed by atoms with Crippen molar-refractivity contribution in [2.75, 3.05) is 26.3 Å². The molecule has 1 aliphatic rings. The van der Waals surface area contributed by atoms with E-state index in [1.807, 2.05) is 5.32 Å². The smallest absolute Gasteiger partial charge is 0.381 e. The summed E-state index contributed by atoms with van der Waals surface area (Å²) >= 11 is 0. The molecule has 0 saturated carbocycles. The van der Waals surface area contributed by atoms with Crippen LogP contribution in [0.1, 0.15) is 19.8 Å². The minimum atomic E-state index is -4.53. The second-order valence-corrected chi connectivity index (χ2v) is 5.09. The first-order valence-electron chi connectivity index (χ1n) is 7.14. The first-order valence-corrected chi connectivity index (χ1v) is 7.14. The zero-order valence-corrected chi connectivity index (χ0v) is 12.5. The van der Waals surface area contributed by atoms with Crippen LogP contribution in [0.4, 0.5) is 13.2 Å². The Morgan fingerprint density at radius 3 is 2.45 bits per heavy atom. The van der Waals surface area contributed by atoms with Crippen molar-refractivity contribution in [3.63, 3.8) is 0 Å². The molecule has 2 amide bonds. The van der Waals surface area contributed by atoms with Crippen LogP contribution in [-0.4, -0.2) is 55.2 Å². The van der Waals surface area contributed by atoms with E-state index < -0.39 is 36.5 Å². The molecule has 1 N–H and O–H groups in total. The van der Waals surface area contributed by atoms with Crippen molar-refractivity contribution in [2.45, 2.75) is 32.0 Å². The van der Waals surface area contributed by atoms with E-state index in [0.29, 0.717) is 0 Å². The number of amides is 2. The molecular formula is C14H21F3N2O3. The van der Waals surface area contributed by atoms with Crippen molar-refractivity contribution in [1.82, 2.24) is 10.2 Å². The lowest BCUT2D eigenvalue weighted by Gasteiger charge is -2.32. The largest absolute Gasteiger partial charge is 0.408 e. The number of hydrogen-bond donors (Lipinski definition) is 1. The van der Waals surface area contributed by atoms with E-state index in [1.54, 1.807) is 6.92 Å². The summed E-state index contributed by atoms with van der Waals surface area (Å²) in [7, 11) is 0. The van der Waals surface area contributed by atoms with Crippen LogP contribution >= 0.6 is 0 Å². The molecule has 8 heteroatoms. The average Bonchev–Trinajstić information content (AvgIpc) is 2.49. The van der Waals surface area contributed by atoms with Crippen molar-refractivity contribution in [1.29, 1.82) is 0 Å². The summed E-state index contributed by atoms with van der Waals surface area (Å²) in [5.74, 6) is -2.03. The molecule has 1 atom stereocenters. The Morgan fingerprint density at radius 2 is 2.00 bits per heavy atom. The molecule has 0 bridgehead atoms. The molecule has 1 fully saturated rings. The number of nitrogens with one attached hydrogen (secondary N) is 1. The van der Waals surface area contributed by atoms with Gasteiger partial charge in [-0.2, -0.15) is 13.2 Å². The standard InChI is InChI=1S/C14H21F3N2O3/c1-3-12(21)19(4-2)9-11(20)18-13(14(15,16)17)10-5-7-22-8-6-10/h3,10,13H,1,4-9H2,2H3,(H,18,20)/t13-/m1/s1. The van der Waals surface area contributed by atoms with Crippen LogP contribution in [0, 0.1) is 5.92 Å². The highest BCUT2D eigenvalue weighted by Gasteiger charge is 2.45. The molecule has 1 heterocycles. The van der Waals surface area contributed by atoms with Crippen molar-refractivity contribution >= 4 is 11.8 Å². The predicted molar refractivity (Wildman–Crippen MR) is 74.0 cm³/mol. The van der Waals surface area contributed by atoms with E-state index in [9.17, 15) is 22.8 Å². The second-order valence-electron chi connectivity index (χ2n) is 5.09. The Morgan fingerprint density at radius 1 is 1.41 bits per heavy atom. The molecule has 0 aromatic rings. The summed E-state index contributed by atoms with van der Waals surface area (Å²) in [6.07, 6.45) is -3.02. The Bertz CT molecular complexity index is 407. The summed E-state index contributed by atoms with van der Waals surface area (Å²) in [5.41, 5.74) is 0. The number of halogens is 3. The van der Waals surface area contributed by atoms with E-state index in [1.165, 1.54) is 0 Å².